The summed E-state index contributed by atoms with van der Waals surface area (Å²) in [5.41, 5.74) is -1.09. The van der Waals surface area contributed by atoms with Gasteiger partial charge >= 0.3 is 0 Å². The number of hydrogen-bond donors (Lipinski definition) is 0. The van der Waals surface area contributed by atoms with Crippen LogP contribution in [0.1, 0.15) is 12.0 Å². The molecular formula is C7H3ClF4. The second-order valence-electron chi connectivity index (χ2n) is 2.06. The number of halogens is 5. The molecule has 0 N–H and O–H groups in total. The highest BCUT2D eigenvalue weighted by atomic mass is 35.5. The van der Waals surface area contributed by atoms with Crippen molar-refractivity contribution < 1.29 is 17.6 Å². The fourth-order valence-electron chi connectivity index (χ4n) is 0.743. The van der Waals surface area contributed by atoms with Crippen molar-refractivity contribution in [3.8, 4) is 0 Å². The minimum Gasteiger partial charge on any atom is -0.205 e. The number of alkyl halides is 2. The van der Waals surface area contributed by atoms with Gasteiger partial charge in [-0.05, 0) is 12.1 Å². The van der Waals surface area contributed by atoms with Crippen molar-refractivity contribution in [1.29, 1.82) is 0 Å². The van der Waals surface area contributed by atoms with Crippen molar-refractivity contribution >= 4 is 11.6 Å². The summed E-state index contributed by atoms with van der Waals surface area (Å²) in [6, 6.07) is 1.59. The summed E-state index contributed by atoms with van der Waals surface area (Å²) < 4.78 is 48.9. The Morgan fingerprint density at radius 2 is 1.75 bits per heavy atom. The van der Waals surface area contributed by atoms with Crippen LogP contribution in [0.4, 0.5) is 17.6 Å². The third-order valence-corrected chi connectivity index (χ3v) is 1.63. The van der Waals surface area contributed by atoms with Crippen LogP contribution in [0.5, 0.6) is 0 Å². The van der Waals surface area contributed by atoms with Crippen molar-refractivity contribution in [2.45, 2.75) is 6.43 Å². The normalized spacial score (nSPS) is 10.8. The highest BCUT2D eigenvalue weighted by molar-refractivity contribution is 6.31. The lowest BCUT2D eigenvalue weighted by Crippen LogP contribution is -1.95. The SMILES string of the molecule is Fc1ccc(Cl)c(C(F)F)c1F. The fourth-order valence-corrected chi connectivity index (χ4v) is 0.971. The molecule has 1 rings (SSSR count). The zero-order valence-corrected chi connectivity index (χ0v) is 6.38. The van der Waals surface area contributed by atoms with Gasteiger partial charge in [0.25, 0.3) is 6.43 Å². The van der Waals surface area contributed by atoms with Gasteiger partial charge in [0.05, 0.1) is 10.6 Å². The Hall–Kier alpha value is -0.770. The molecule has 0 aliphatic rings. The van der Waals surface area contributed by atoms with Crippen LogP contribution in [0.3, 0.4) is 0 Å². The van der Waals surface area contributed by atoms with Gasteiger partial charge in [-0.25, -0.2) is 17.6 Å². The standard InChI is InChI=1S/C7H3ClF4/c8-3-1-2-4(9)6(10)5(3)7(11)12/h1-2,7H. The zero-order chi connectivity index (χ0) is 9.30. The molecule has 5 heteroatoms. The van der Waals surface area contributed by atoms with Gasteiger partial charge < -0.3 is 0 Å². The number of hydrogen-bond acceptors (Lipinski definition) is 0. The predicted molar refractivity (Wildman–Crippen MR) is 36.3 cm³/mol. The van der Waals surface area contributed by atoms with E-state index in [1.807, 2.05) is 0 Å². The molecular weight excluding hydrogens is 196 g/mol. The summed E-state index contributed by atoms with van der Waals surface area (Å²) in [7, 11) is 0. The van der Waals surface area contributed by atoms with Crippen LogP contribution in [-0.2, 0) is 0 Å². The molecule has 0 aliphatic carbocycles. The van der Waals surface area contributed by atoms with Gasteiger partial charge in [-0.3, -0.25) is 0 Å². The average molecular weight is 199 g/mol. The molecule has 0 aliphatic heterocycles. The molecule has 1 aromatic rings. The first-order valence-corrected chi connectivity index (χ1v) is 3.33. The van der Waals surface area contributed by atoms with Crippen LogP contribution >= 0.6 is 11.6 Å². The van der Waals surface area contributed by atoms with E-state index in [4.69, 9.17) is 11.6 Å². The molecule has 0 unspecified atom stereocenters. The summed E-state index contributed by atoms with van der Waals surface area (Å²) in [5.74, 6) is -2.91. The van der Waals surface area contributed by atoms with Crippen LogP contribution in [0.15, 0.2) is 12.1 Å². The van der Waals surface area contributed by atoms with Crippen LogP contribution in [0.2, 0.25) is 5.02 Å². The van der Waals surface area contributed by atoms with E-state index in [0.29, 0.717) is 6.07 Å². The summed E-state index contributed by atoms with van der Waals surface area (Å²) >= 11 is 5.21. The Kier molecular flexibility index (Phi) is 2.57. The molecule has 0 saturated heterocycles. The molecule has 12 heavy (non-hydrogen) atoms. The van der Waals surface area contributed by atoms with E-state index in [9.17, 15) is 17.6 Å². The van der Waals surface area contributed by atoms with Crippen molar-refractivity contribution in [1.82, 2.24) is 0 Å². The predicted octanol–water partition coefficient (Wildman–Crippen LogP) is 3.56. The van der Waals surface area contributed by atoms with Crippen LogP contribution in [0, 0.1) is 11.6 Å². The van der Waals surface area contributed by atoms with E-state index < -0.39 is 28.6 Å². The Morgan fingerprint density at radius 3 is 2.17 bits per heavy atom. The average Bonchev–Trinajstić information content (AvgIpc) is 1.97. The minimum atomic E-state index is -3.10. The van der Waals surface area contributed by atoms with Crippen molar-refractivity contribution in [3.05, 3.63) is 34.4 Å². The largest absolute Gasteiger partial charge is 0.268 e. The first-order chi connectivity index (χ1) is 5.54. The lowest BCUT2D eigenvalue weighted by molar-refractivity contribution is 0.145. The van der Waals surface area contributed by atoms with Gasteiger partial charge in [0.2, 0.25) is 0 Å². The molecule has 0 fully saturated rings. The Morgan fingerprint density at radius 1 is 1.17 bits per heavy atom. The maximum absolute atomic E-state index is 12.6. The van der Waals surface area contributed by atoms with E-state index in [1.54, 1.807) is 0 Å². The highest BCUT2D eigenvalue weighted by Gasteiger charge is 2.20. The van der Waals surface area contributed by atoms with Crippen molar-refractivity contribution in [3.63, 3.8) is 0 Å². The second-order valence-corrected chi connectivity index (χ2v) is 2.46. The first-order valence-electron chi connectivity index (χ1n) is 2.95. The molecule has 0 spiro atoms. The van der Waals surface area contributed by atoms with Gasteiger partial charge in [-0.1, -0.05) is 11.6 Å². The molecule has 0 radical (unpaired) electrons. The molecule has 0 atom stereocenters. The fraction of sp³-hybridized carbons (Fsp3) is 0.143. The summed E-state index contributed by atoms with van der Waals surface area (Å²) in [6.07, 6.45) is -3.10. The summed E-state index contributed by atoms with van der Waals surface area (Å²) in [6.45, 7) is 0. The third kappa shape index (κ3) is 1.53. The van der Waals surface area contributed by atoms with Crippen LogP contribution in [0.25, 0.3) is 0 Å². The highest BCUT2D eigenvalue weighted by Crippen LogP contribution is 2.30. The number of benzene rings is 1. The third-order valence-electron chi connectivity index (χ3n) is 1.30. The van der Waals surface area contributed by atoms with E-state index in [-0.39, 0.29) is 0 Å². The zero-order valence-electron chi connectivity index (χ0n) is 5.62. The minimum absolute atomic E-state index is 0.469. The van der Waals surface area contributed by atoms with Crippen LogP contribution in [-0.4, -0.2) is 0 Å². The molecule has 0 heterocycles. The maximum Gasteiger partial charge on any atom is 0.268 e. The Labute approximate surface area is 70.8 Å². The summed E-state index contributed by atoms with van der Waals surface area (Å²) in [5, 5.41) is -0.469. The maximum atomic E-state index is 12.6. The summed E-state index contributed by atoms with van der Waals surface area (Å²) in [4.78, 5) is 0. The Bertz CT molecular complexity index is 298. The van der Waals surface area contributed by atoms with Crippen molar-refractivity contribution in [2.24, 2.45) is 0 Å². The van der Waals surface area contributed by atoms with Crippen LogP contribution < -0.4 is 0 Å². The van der Waals surface area contributed by atoms with E-state index in [0.717, 1.165) is 6.07 Å². The molecule has 66 valence electrons. The lowest BCUT2D eigenvalue weighted by atomic mass is 10.2. The topological polar surface area (TPSA) is 0 Å². The van der Waals surface area contributed by atoms with E-state index >= 15 is 0 Å². The van der Waals surface area contributed by atoms with Crippen molar-refractivity contribution in [2.75, 3.05) is 0 Å². The molecule has 0 aromatic heterocycles. The smallest absolute Gasteiger partial charge is 0.205 e. The van der Waals surface area contributed by atoms with Gasteiger partial charge in [0, 0.05) is 0 Å². The van der Waals surface area contributed by atoms with E-state index in [2.05, 4.69) is 0 Å². The van der Waals surface area contributed by atoms with Gasteiger partial charge in [-0.2, -0.15) is 0 Å². The Balaban J connectivity index is 3.33. The van der Waals surface area contributed by atoms with Gasteiger partial charge in [0.15, 0.2) is 11.6 Å². The number of rotatable bonds is 1. The van der Waals surface area contributed by atoms with E-state index in [1.165, 1.54) is 0 Å². The second kappa shape index (κ2) is 3.31. The molecule has 0 bridgehead atoms. The monoisotopic (exact) mass is 198 g/mol. The van der Waals surface area contributed by atoms with Gasteiger partial charge in [-0.15, -0.1) is 0 Å². The lowest BCUT2D eigenvalue weighted by Gasteiger charge is -2.04. The first kappa shape index (κ1) is 9.32. The molecule has 0 saturated carbocycles. The molecule has 0 nitrogen and oxygen atoms in total. The molecule has 0 amide bonds. The van der Waals surface area contributed by atoms with Gasteiger partial charge in [0.1, 0.15) is 0 Å². The quantitative estimate of drug-likeness (QED) is 0.478. The molecule has 1 aromatic carbocycles.